The zero-order chi connectivity index (χ0) is 14.1. The van der Waals surface area contributed by atoms with E-state index in [-0.39, 0.29) is 5.78 Å². The van der Waals surface area contributed by atoms with Gasteiger partial charge in [0.1, 0.15) is 12.4 Å². The van der Waals surface area contributed by atoms with E-state index in [1.165, 1.54) is 19.8 Å². The van der Waals surface area contributed by atoms with Gasteiger partial charge in [0.05, 0.1) is 23.2 Å². The second-order valence-electron chi connectivity index (χ2n) is 5.01. The van der Waals surface area contributed by atoms with Crippen LogP contribution in [0.25, 0.3) is 0 Å². The summed E-state index contributed by atoms with van der Waals surface area (Å²) < 4.78 is 7.88. The topological polar surface area (TPSA) is 44.1 Å². The molecule has 5 heteroatoms. The molecule has 0 atom stereocenters. The van der Waals surface area contributed by atoms with E-state index in [0.717, 1.165) is 5.69 Å². The summed E-state index contributed by atoms with van der Waals surface area (Å²) in [7, 11) is 0. The van der Waals surface area contributed by atoms with Gasteiger partial charge in [-0.3, -0.25) is 4.79 Å². The lowest BCUT2D eigenvalue weighted by Gasteiger charge is -2.10. The first-order chi connectivity index (χ1) is 9.65. The molecule has 1 fully saturated rings. The number of ether oxygens (including phenoxy) is 1. The molecule has 20 heavy (non-hydrogen) atoms. The number of ketones is 1. The quantitative estimate of drug-likeness (QED) is 0.790. The van der Waals surface area contributed by atoms with Crippen molar-refractivity contribution in [1.82, 2.24) is 9.55 Å². The minimum Gasteiger partial charge on any atom is -0.486 e. The Morgan fingerprint density at radius 2 is 2.30 bits per heavy atom. The normalized spacial score (nSPS) is 14.3. The molecule has 1 aromatic heterocycles. The van der Waals surface area contributed by atoms with Crippen molar-refractivity contribution in [3.63, 3.8) is 0 Å². The molecule has 0 bridgehead atoms. The Morgan fingerprint density at radius 1 is 1.50 bits per heavy atom. The van der Waals surface area contributed by atoms with Crippen molar-refractivity contribution in [1.29, 1.82) is 0 Å². The van der Waals surface area contributed by atoms with E-state index < -0.39 is 0 Å². The first-order valence-corrected chi connectivity index (χ1v) is 6.97. The van der Waals surface area contributed by atoms with Crippen LogP contribution in [0.5, 0.6) is 5.75 Å². The smallest absolute Gasteiger partial charge is 0.159 e. The average molecular weight is 291 g/mol. The molecule has 0 radical (unpaired) electrons. The Bertz CT molecular complexity index is 647. The fourth-order valence-corrected chi connectivity index (χ4v) is 2.35. The van der Waals surface area contributed by atoms with Crippen LogP contribution in [0.1, 0.15) is 41.9 Å². The molecular formula is C15H15ClN2O2. The van der Waals surface area contributed by atoms with Gasteiger partial charge >= 0.3 is 0 Å². The minimum atomic E-state index is -0.00902. The fourth-order valence-electron chi connectivity index (χ4n) is 2.11. The Hall–Kier alpha value is -1.81. The molecule has 0 saturated heterocycles. The second kappa shape index (κ2) is 5.29. The summed E-state index contributed by atoms with van der Waals surface area (Å²) in [6, 6.07) is 5.67. The van der Waals surface area contributed by atoms with Crippen LogP contribution in [0.4, 0.5) is 0 Å². The van der Waals surface area contributed by atoms with Crippen molar-refractivity contribution in [3.05, 3.63) is 47.0 Å². The van der Waals surface area contributed by atoms with E-state index in [0.29, 0.717) is 29.0 Å². The van der Waals surface area contributed by atoms with Crippen LogP contribution in [-0.2, 0) is 6.61 Å². The minimum absolute atomic E-state index is 0.00902. The van der Waals surface area contributed by atoms with E-state index in [2.05, 4.69) is 9.55 Å². The number of benzene rings is 1. The SMILES string of the molecule is CC(=O)c1ccc(OCc2cncn2C2CC2)c(Cl)c1. The van der Waals surface area contributed by atoms with Gasteiger partial charge in [-0.2, -0.15) is 0 Å². The van der Waals surface area contributed by atoms with Gasteiger partial charge in [-0.15, -0.1) is 0 Å². The van der Waals surface area contributed by atoms with E-state index in [1.54, 1.807) is 18.2 Å². The van der Waals surface area contributed by atoms with Gasteiger partial charge in [0.2, 0.25) is 0 Å². The first-order valence-electron chi connectivity index (χ1n) is 6.59. The number of aromatic nitrogens is 2. The molecule has 0 unspecified atom stereocenters. The maximum atomic E-state index is 11.3. The standard InChI is InChI=1S/C15H15ClN2O2/c1-10(19)11-2-5-15(14(16)6-11)20-8-13-7-17-9-18(13)12-3-4-12/h2,5-7,9,12H,3-4,8H2,1H3. The Labute approximate surface area is 122 Å². The van der Waals surface area contributed by atoms with Gasteiger partial charge < -0.3 is 9.30 Å². The van der Waals surface area contributed by atoms with Crippen LogP contribution in [0.3, 0.4) is 0 Å². The van der Waals surface area contributed by atoms with Crippen LogP contribution in [0, 0.1) is 0 Å². The van der Waals surface area contributed by atoms with Crippen molar-refractivity contribution >= 4 is 17.4 Å². The van der Waals surface area contributed by atoms with Gasteiger partial charge in [-0.1, -0.05) is 11.6 Å². The molecule has 3 rings (SSSR count). The van der Waals surface area contributed by atoms with Crippen LogP contribution < -0.4 is 4.74 Å². The average Bonchev–Trinajstić information content (AvgIpc) is 3.16. The number of rotatable bonds is 5. The van der Waals surface area contributed by atoms with E-state index in [4.69, 9.17) is 16.3 Å². The summed E-state index contributed by atoms with van der Waals surface area (Å²) in [6.07, 6.45) is 6.07. The lowest BCUT2D eigenvalue weighted by molar-refractivity contribution is 0.101. The highest BCUT2D eigenvalue weighted by Gasteiger charge is 2.25. The summed E-state index contributed by atoms with van der Waals surface area (Å²) in [6.45, 7) is 1.94. The third kappa shape index (κ3) is 2.70. The van der Waals surface area contributed by atoms with Crippen molar-refractivity contribution in [3.8, 4) is 5.75 Å². The van der Waals surface area contributed by atoms with Crippen LogP contribution in [-0.4, -0.2) is 15.3 Å². The maximum absolute atomic E-state index is 11.3. The number of hydrogen-bond acceptors (Lipinski definition) is 3. The molecule has 1 heterocycles. The summed E-state index contributed by atoms with van der Waals surface area (Å²) in [5, 5.41) is 0.454. The highest BCUT2D eigenvalue weighted by molar-refractivity contribution is 6.32. The van der Waals surface area contributed by atoms with Crippen molar-refractivity contribution in [2.75, 3.05) is 0 Å². The number of imidazole rings is 1. The molecule has 4 nitrogen and oxygen atoms in total. The highest BCUT2D eigenvalue weighted by atomic mass is 35.5. The van der Waals surface area contributed by atoms with Crippen LogP contribution >= 0.6 is 11.6 Å². The van der Waals surface area contributed by atoms with Gasteiger partial charge in [0.15, 0.2) is 5.78 Å². The predicted octanol–water partition coefficient (Wildman–Crippen LogP) is 3.65. The van der Waals surface area contributed by atoms with Crippen molar-refractivity contribution in [2.45, 2.75) is 32.4 Å². The first kappa shape index (κ1) is 13.2. The summed E-state index contributed by atoms with van der Waals surface area (Å²) in [5.74, 6) is 0.575. The van der Waals surface area contributed by atoms with Gasteiger partial charge in [-0.05, 0) is 38.0 Å². The third-order valence-corrected chi connectivity index (χ3v) is 3.70. The Morgan fingerprint density at radius 3 is 2.95 bits per heavy atom. The molecular weight excluding hydrogens is 276 g/mol. The molecule has 1 aliphatic rings. The number of nitrogens with zero attached hydrogens (tertiary/aromatic N) is 2. The second-order valence-corrected chi connectivity index (χ2v) is 5.42. The summed E-state index contributed by atoms with van der Waals surface area (Å²) in [4.78, 5) is 15.4. The largest absolute Gasteiger partial charge is 0.486 e. The van der Waals surface area contributed by atoms with Gasteiger partial charge in [-0.25, -0.2) is 4.98 Å². The van der Waals surface area contributed by atoms with Crippen molar-refractivity contribution in [2.24, 2.45) is 0 Å². The number of halogens is 1. The zero-order valence-corrected chi connectivity index (χ0v) is 11.9. The maximum Gasteiger partial charge on any atom is 0.159 e. The molecule has 104 valence electrons. The summed E-state index contributed by atoms with van der Waals surface area (Å²) in [5.41, 5.74) is 1.63. The Kier molecular flexibility index (Phi) is 3.49. The molecule has 0 amide bonds. The van der Waals surface area contributed by atoms with E-state index in [1.807, 2.05) is 12.5 Å². The monoisotopic (exact) mass is 290 g/mol. The van der Waals surface area contributed by atoms with E-state index >= 15 is 0 Å². The highest BCUT2D eigenvalue weighted by Crippen LogP contribution is 2.36. The molecule has 1 saturated carbocycles. The molecule has 1 aromatic carbocycles. The lowest BCUT2D eigenvalue weighted by atomic mass is 10.1. The number of Topliss-reactive ketones (excluding diaryl/α,β-unsaturated/α-hetero) is 1. The number of carbonyl (C=O) groups is 1. The lowest BCUT2D eigenvalue weighted by Crippen LogP contribution is -2.04. The van der Waals surface area contributed by atoms with Crippen LogP contribution in [0.2, 0.25) is 5.02 Å². The van der Waals surface area contributed by atoms with Crippen LogP contribution in [0.15, 0.2) is 30.7 Å². The van der Waals surface area contributed by atoms with E-state index in [9.17, 15) is 4.79 Å². The number of carbonyl (C=O) groups excluding carboxylic acids is 1. The molecule has 1 aliphatic carbocycles. The fraction of sp³-hybridized carbons (Fsp3) is 0.333. The molecule has 0 spiro atoms. The number of hydrogen-bond donors (Lipinski definition) is 0. The predicted molar refractivity (Wildman–Crippen MR) is 76.3 cm³/mol. The zero-order valence-electron chi connectivity index (χ0n) is 11.2. The van der Waals surface area contributed by atoms with Gasteiger partial charge in [0, 0.05) is 11.6 Å². The molecule has 0 N–H and O–H groups in total. The van der Waals surface area contributed by atoms with Crippen molar-refractivity contribution < 1.29 is 9.53 Å². The van der Waals surface area contributed by atoms with Gasteiger partial charge in [0.25, 0.3) is 0 Å². The molecule has 2 aromatic rings. The third-order valence-electron chi connectivity index (χ3n) is 3.40. The molecule has 0 aliphatic heterocycles. The summed E-state index contributed by atoms with van der Waals surface area (Å²) >= 11 is 6.13. The Balaban J connectivity index is 1.71.